The van der Waals surface area contributed by atoms with Crippen molar-refractivity contribution in [2.75, 3.05) is 18.0 Å². The van der Waals surface area contributed by atoms with Gasteiger partial charge in [-0.15, -0.1) is 11.3 Å². The quantitative estimate of drug-likeness (QED) is 0.665. The number of benzene rings is 1. The minimum atomic E-state index is -0.464. The molecule has 2 aromatic rings. The van der Waals surface area contributed by atoms with Crippen molar-refractivity contribution in [1.82, 2.24) is 5.32 Å². The highest BCUT2D eigenvalue weighted by Gasteiger charge is 2.22. The molecule has 6 nitrogen and oxygen atoms in total. The summed E-state index contributed by atoms with van der Waals surface area (Å²) >= 11 is 1.59. The molecule has 1 saturated heterocycles. The van der Waals surface area contributed by atoms with Gasteiger partial charge in [0.2, 0.25) is 0 Å². The van der Waals surface area contributed by atoms with Gasteiger partial charge in [0.15, 0.2) is 0 Å². The van der Waals surface area contributed by atoms with E-state index in [1.165, 1.54) is 12.1 Å². The molecule has 0 unspecified atom stereocenters. The summed E-state index contributed by atoms with van der Waals surface area (Å²) in [7, 11) is 0. The molecule has 0 spiro atoms. The van der Waals surface area contributed by atoms with E-state index in [1.807, 2.05) is 18.4 Å². The van der Waals surface area contributed by atoms with Gasteiger partial charge in [-0.2, -0.15) is 0 Å². The first-order valence-electron chi connectivity index (χ1n) is 7.91. The number of anilines is 1. The lowest BCUT2D eigenvalue weighted by Crippen LogP contribution is -2.27. The van der Waals surface area contributed by atoms with Gasteiger partial charge in [-0.1, -0.05) is 0 Å². The number of nitro benzene ring substituents is 1. The molecule has 0 atom stereocenters. The first-order chi connectivity index (χ1) is 11.6. The fourth-order valence-electron chi connectivity index (χ4n) is 2.89. The van der Waals surface area contributed by atoms with E-state index in [-0.39, 0.29) is 11.6 Å². The van der Waals surface area contributed by atoms with Crippen molar-refractivity contribution < 1.29 is 9.72 Å². The normalized spacial score (nSPS) is 14.0. The number of rotatable bonds is 5. The number of carbonyl (C=O) groups excluding carboxylic acids is 1. The van der Waals surface area contributed by atoms with Crippen molar-refractivity contribution in [2.24, 2.45) is 0 Å². The van der Waals surface area contributed by atoms with Gasteiger partial charge in [0, 0.05) is 30.1 Å². The highest BCUT2D eigenvalue weighted by Crippen LogP contribution is 2.28. The summed E-state index contributed by atoms with van der Waals surface area (Å²) in [6.07, 6.45) is 2.15. The van der Waals surface area contributed by atoms with Crippen molar-refractivity contribution >= 4 is 28.6 Å². The van der Waals surface area contributed by atoms with Gasteiger partial charge in [-0.3, -0.25) is 14.9 Å². The predicted molar refractivity (Wildman–Crippen MR) is 94.8 cm³/mol. The van der Waals surface area contributed by atoms with Gasteiger partial charge in [-0.05, 0) is 42.8 Å². The van der Waals surface area contributed by atoms with Gasteiger partial charge in [0.05, 0.1) is 22.7 Å². The molecule has 24 heavy (non-hydrogen) atoms. The van der Waals surface area contributed by atoms with Gasteiger partial charge in [-0.25, -0.2) is 0 Å². The second kappa shape index (κ2) is 7.00. The van der Waals surface area contributed by atoms with Crippen LogP contribution >= 0.6 is 11.3 Å². The van der Waals surface area contributed by atoms with Crippen LogP contribution in [-0.2, 0) is 6.54 Å². The molecule has 1 fully saturated rings. The van der Waals surface area contributed by atoms with Crippen molar-refractivity contribution in [3.05, 3.63) is 55.8 Å². The van der Waals surface area contributed by atoms with Crippen molar-refractivity contribution in [2.45, 2.75) is 26.3 Å². The Labute approximate surface area is 144 Å². The summed E-state index contributed by atoms with van der Waals surface area (Å²) < 4.78 is 0. The number of hydrogen-bond acceptors (Lipinski definition) is 5. The fourth-order valence-corrected chi connectivity index (χ4v) is 3.74. The van der Waals surface area contributed by atoms with Crippen LogP contribution in [0.4, 0.5) is 11.4 Å². The van der Waals surface area contributed by atoms with Crippen molar-refractivity contribution in [1.29, 1.82) is 0 Å². The first-order valence-corrected chi connectivity index (χ1v) is 8.79. The molecule has 7 heteroatoms. The molecule has 0 bridgehead atoms. The molecule has 1 aromatic carbocycles. The molecule has 2 heterocycles. The van der Waals surface area contributed by atoms with E-state index in [0.29, 0.717) is 12.1 Å². The van der Waals surface area contributed by atoms with E-state index in [2.05, 4.69) is 10.2 Å². The van der Waals surface area contributed by atoms with Crippen LogP contribution in [0.2, 0.25) is 0 Å². The highest BCUT2D eigenvalue weighted by atomic mass is 32.1. The molecule has 0 radical (unpaired) electrons. The number of hydrogen-bond donors (Lipinski definition) is 1. The minimum absolute atomic E-state index is 0.0598. The monoisotopic (exact) mass is 345 g/mol. The van der Waals surface area contributed by atoms with E-state index in [0.717, 1.165) is 42.1 Å². The largest absolute Gasteiger partial charge is 0.371 e. The Morgan fingerprint density at radius 1 is 1.33 bits per heavy atom. The van der Waals surface area contributed by atoms with Crippen LogP contribution in [0, 0.1) is 17.0 Å². The molecule has 1 aliphatic rings. The van der Waals surface area contributed by atoms with Crippen LogP contribution in [0.15, 0.2) is 29.6 Å². The molecule has 0 saturated carbocycles. The number of nitrogens with one attached hydrogen (secondary N) is 1. The maximum absolute atomic E-state index is 12.6. The first kappa shape index (κ1) is 16.4. The smallest absolute Gasteiger partial charge is 0.270 e. The third-order valence-electron chi connectivity index (χ3n) is 4.26. The van der Waals surface area contributed by atoms with Gasteiger partial charge in [0.1, 0.15) is 0 Å². The van der Waals surface area contributed by atoms with Crippen LogP contribution in [0.5, 0.6) is 0 Å². The fraction of sp³-hybridized carbons (Fsp3) is 0.353. The van der Waals surface area contributed by atoms with E-state index in [4.69, 9.17) is 0 Å². The zero-order valence-corrected chi connectivity index (χ0v) is 14.3. The topological polar surface area (TPSA) is 75.5 Å². The van der Waals surface area contributed by atoms with Gasteiger partial charge >= 0.3 is 0 Å². The average molecular weight is 345 g/mol. The van der Waals surface area contributed by atoms with E-state index >= 15 is 0 Å². The van der Waals surface area contributed by atoms with E-state index in [9.17, 15) is 14.9 Å². The van der Waals surface area contributed by atoms with Crippen molar-refractivity contribution in [3.8, 4) is 0 Å². The number of nitrogens with zero attached hydrogens (tertiary/aromatic N) is 2. The highest BCUT2D eigenvalue weighted by molar-refractivity contribution is 7.10. The summed E-state index contributed by atoms with van der Waals surface area (Å²) in [6.45, 7) is 4.19. The van der Waals surface area contributed by atoms with Crippen molar-refractivity contribution in [3.63, 3.8) is 0 Å². The summed E-state index contributed by atoms with van der Waals surface area (Å²) in [5, 5.41) is 15.9. The van der Waals surface area contributed by atoms with Crippen LogP contribution < -0.4 is 10.2 Å². The third kappa shape index (κ3) is 3.41. The standard InChI is InChI=1S/C17H19N3O3S/c1-12-6-9-24-16(12)11-18-17(21)14-10-13(20(22)23)4-5-15(14)19-7-2-3-8-19/h4-6,9-10H,2-3,7-8,11H2,1H3,(H,18,21). The number of amides is 1. The summed E-state index contributed by atoms with van der Waals surface area (Å²) in [5.41, 5.74) is 2.23. The van der Waals surface area contributed by atoms with E-state index < -0.39 is 4.92 Å². The Kier molecular flexibility index (Phi) is 4.80. The minimum Gasteiger partial charge on any atom is -0.371 e. The lowest BCUT2D eigenvalue weighted by molar-refractivity contribution is -0.384. The average Bonchev–Trinajstić information content (AvgIpc) is 3.23. The van der Waals surface area contributed by atoms with Crippen LogP contribution in [-0.4, -0.2) is 23.9 Å². The molecular formula is C17H19N3O3S. The second-order valence-corrected chi connectivity index (χ2v) is 6.86. The zero-order valence-electron chi connectivity index (χ0n) is 13.4. The Morgan fingerprint density at radius 2 is 2.08 bits per heavy atom. The maximum atomic E-state index is 12.6. The third-order valence-corrected chi connectivity index (χ3v) is 5.28. The maximum Gasteiger partial charge on any atom is 0.270 e. The summed E-state index contributed by atoms with van der Waals surface area (Å²) in [5.74, 6) is -0.270. The van der Waals surface area contributed by atoms with Crippen LogP contribution in [0.1, 0.15) is 33.6 Å². The van der Waals surface area contributed by atoms with Gasteiger partial charge in [0.25, 0.3) is 11.6 Å². The Balaban J connectivity index is 1.85. The molecule has 0 aliphatic carbocycles. The summed E-state index contributed by atoms with van der Waals surface area (Å²) in [6, 6.07) is 6.54. The van der Waals surface area contributed by atoms with Crippen LogP contribution in [0.3, 0.4) is 0 Å². The molecule has 3 rings (SSSR count). The number of thiophene rings is 1. The number of nitro groups is 1. The number of carbonyl (C=O) groups is 1. The van der Waals surface area contributed by atoms with Gasteiger partial charge < -0.3 is 10.2 Å². The molecular weight excluding hydrogens is 326 g/mol. The number of aryl methyl sites for hydroxylation is 1. The van der Waals surface area contributed by atoms with E-state index in [1.54, 1.807) is 17.4 Å². The lowest BCUT2D eigenvalue weighted by atomic mass is 10.1. The Bertz CT molecular complexity index is 766. The number of non-ortho nitro benzene ring substituents is 1. The molecule has 1 aliphatic heterocycles. The molecule has 1 amide bonds. The Hall–Kier alpha value is -2.41. The lowest BCUT2D eigenvalue weighted by Gasteiger charge is -2.20. The molecule has 1 N–H and O–H groups in total. The summed E-state index contributed by atoms with van der Waals surface area (Å²) in [4.78, 5) is 26.5. The molecule has 126 valence electrons. The molecule has 1 aromatic heterocycles. The second-order valence-electron chi connectivity index (χ2n) is 5.86. The predicted octanol–water partition coefficient (Wildman–Crippen LogP) is 3.49. The zero-order chi connectivity index (χ0) is 17.1. The SMILES string of the molecule is Cc1ccsc1CNC(=O)c1cc([N+](=O)[O-])ccc1N1CCCC1. The Morgan fingerprint density at radius 3 is 2.71 bits per heavy atom. The van der Waals surface area contributed by atoms with Crippen LogP contribution in [0.25, 0.3) is 0 Å².